The predicted octanol–water partition coefficient (Wildman–Crippen LogP) is 1.94. The highest BCUT2D eigenvalue weighted by Crippen LogP contribution is 2.28. The molecule has 0 atom stereocenters. The normalized spacial score (nSPS) is 11.4. The topological polar surface area (TPSA) is 60.9 Å². The van der Waals surface area contributed by atoms with Gasteiger partial charge in [0, 0.05) is 12.3 Å². The van der Waals surface area contributed by atoms with Gasteiger partial charge in [0.15, 0.2) is 0 Å². The van der Waals surface area contributed by atoms with Crippen molar-refractivity contribution in [1.29, 1.82) is 0 Å². The molecule has 2 rings (SSSR count). The molecule has 0 radical (unpaired) electrons. The van der Waals surface area contributed by atoms with E-state index in [-0.39, 0.29) is 11.5 Å². The summed E-state index contributed by atoms with van der Waals surface area (Å²) in [5, 5.41) is 0. The van der Waals surface area contributed by atoms with Crippen LogP contribution in [-0.4, -0.2) is 14.5 Å². The molecular formula is C13H10F3N3OS. The van der Waals surface area contributed by atoms with Crippen molar-refractivity contribution in [1.82, 2.24) is 9.55 Å². The molecule has 0 aliphatic heterocycles. The van der Waals surface area contributed by atoms with Crippen molar-refractivity contribution in [2.75, 3.05) is 0 Å². The van der Waals surface area contributed by atoms with Gasteiger partial charge in [0.2, 0.25) is 0 Å². The molecule has 8 heteroatoms. The molecule has 2 aromatic heterocycles. The van der Waals surface area contributed by atoms with E-state index in [9.17, 15) is 18.0 Å². The summed E-state index contributed by atoms with van der Waals surface area (Å²) in [5.41, 5.74) is 4.42. The summed E-state index contributed by atoms with van der Waals surface area (Å²) < 4.78 is 39.4. The zero-order valence-corrected chi connectivity index (χ0v) is 11.4. The Morgan fingerprint density at radius 2 is 2.05 bits per heavy atom. The first-order chi connectivity index (χ1) is 9.79. The fourth-order valence-corrected chi connectivity index (χ4v) is 1.93. The maximum Gasteiger partial charge on any atom is 0.431 e. The molecule has 0 saturated carbocycles. The Balaban J connectivity index is 2.47. The molecular weight excluding hydrogens is 303 g/mol. The van der Waals surface area contributed by atoms with Crippen molar-refractivity contribution in [3.05, 3.63) is 63.8 Å². The summed E-state index contributed by atoms with van der Waals surface area (Å²) in [6, 6.07) is 5.97. The summed E-state index contributed by atoms with van der Waals surface area (Å²) in [5.74, 6) is 0. The minimum atomic E-state index is -4.61. The number of alkyl halides is 3. The third-order valence-electron chi connectivity index (χ3n) is 2.76. The van der Waals surface area contributed by atoms with E-state index in [2.05, 4.69) is 4.98 Å². The van der Waals surface area contributed by atoms with Crippen molar-refractivity contribution in [3.8, 4) is 0 Å². The number of halogens is 3. The van der Waals surface area contributed by atoms with Gasteiger partial charge in [-0.3, -0.25) is 14.3 Å². The first-order valence-electron chi connectivity index (χ1n) is 5.81. The highest BCUT2D eigenvalue weighted by atomic mass is 32.1. The van der Waals surface area contributed by atoms with Crippen molar-refractivity contribution >= 4 is 17.2 Å². The average Bonchev–Trinajstić information content (AvgIpc) is 2.40. The molecule has 0 aliphatic carbocycles. The fourth-order valence-electron chi connectivity index (χ4n) is 1.82. The smallest absolute Gasteiger partial charge is 0.388 e. The Hall–Kier alpha value is -2.22. The molecule has 0 bridgehead atoms. The summed E-state index contributed by atoms with van der Waals surface area (Å²) in [6.07, 6.45) is -3.23. The van der Waals surface area contributed by atoms with E-state index >= 15 is 0 Å². The van der Waals surface area contributed by atoms with Gasteiger partial charge >= 0.3 is 6.18 Å². The zero-order chi connectivity index (χ0) is 15.6. The molecule has 0 aromatic carbocycles. The number of nitrogens with zero attached hydrogens (tertiary/aromatic N) is 2. The van der Waals surface area contributed by atoms with E-state index in [1.807, 2.05) is 0 Å². The van der Waals surface area contributed by atoms with Crippen LogP contribution in [0.3, 0.4) is 0 Å². The number of hydrogen-bond donors (Lipinski definition) is 1. The maximum atomic E-state index is 12.9. The SMILES string of the molecule is NC(=S)c1cc(Cn2c(C(F)(F)F)cccc2=O)ccn1. The maximum absolute atomic E-state index is 12.9. The first kappa shape index (κ1) is 15.2. The predicted molar refractivity (Wildman–Crippen MR) is 74.9 cm³/mol. The van der Waals surface area contributed by atoms with Crippen LogP contribution in [0.5, 0.6) is 0 Å². The molecule has 0 fully saturated rings. The Morgan fingerprint density at radius 1 is 1.33 bits per heavy atom. The van der Waals surface area contributed by atoms with Crippen LogP contribution >= 0.6 is 12.2 Å². The Morgan fingerprint density at radius 3 is 2.67 bits per heavy atom. The molecule has 2 heterocycles. The van der Waals surface area contributed by atoms with Crippen molar-refractivity contribution in [2.24, 2.45) is 5.73 Å². The lowest BCUT2D eigenvalue weighted by molar-refractivity contribution is -0.144. The molecule has 2 aromatic rings. The number of thiocarbonyl (C=S) groups is 1. The van der Waals surface area contributed by atoms with Gasteiger partial charge < -0.3 is 5.73 Å². The van der Waals surface area contributed by atoms with Crippen LogP contribution < -0.4 is 11.3 Å². The molecule has 2 N–H and O–H groups in total. The third kappa shape index (κ3) is 3.46. The van der Waals surface area contributed by atoms with Gasteiger partial charge in [-0.25, -0.2) is 0 Å². The van der Waals surface area contributed by atoms with Gasteiger partial charge in [-0.1, -0.05) is 18.3 Å². The quantitative estimate of drug-likeness (QED) is 0.880. The van der Waals surface area contributed by atoms with Gasteiger partial charge in [-0.05, 0) is 23.8 Å². The highest BCUT2D eigenvalue weighted by molar-refractivity contribution is 7.80. The van der Waals surface area contributed by atoms with Gasteiger partial charge in [0.1, 0.15) is 10.7 Å². The molecule has 0 amide bonds. The van der Waals surface area contributed by atoms with E-state index < -0.39 is 17.4 Å². The third-order valence-corrected chi connectivity index (χ3v) is 2.97. The monoisotopic (exact) mass is 313 g/mol. The Kier molecular flexibility index (Phi) is 4.08. The average molecular weight is 313 g/mol. The van der Waals surface area contributed by atoms with Crippen molar-refractivity contribution in [3.63, 3.8) is 0 Å². The van der Waals surface area contributed by atoms with Crippen LogP contribution in [0.25, 0.3) is 0 Å². The van der Waals surface area contributed by atoms with Crippen molar-refractivity contribution in [2.45, 2.75) is 12.7 Å². The Bertz CT molecular complexity index is 740. The standard InChI is InChI=1S/C13H10F3N3OS/c14-13(15,16)10-2-1-3-11(20)19(10)7-8-4-5-18-9(6-8)12(17)21/h1-6H,7H2,(H2,17,21). The summed E-state index contributed by atoms with van der Waals surface area (Å²) in [6.45, 7) is -0.243. The van der Waals surface area contributed by atoms with Crippen LogP contribution in [0.2, 0.25) is 0 Å². The van der Waals surface area contributed by atoms with E-state index in [4.69, 9.17) is 18.0 Å². The Labute approximate surface area is 123 Å². The van der Waals surface area contributed by atoms with Crippen LogP contribution in [0.1, 0.15) is 17.0 Å². The molecule has 0 aliphatic rings. The first-order valence-corrected chi connectivity index (χ1v) is 6.21. The lowest BCUT2D eigenvalue weighted by Crippen LogP contribution is -2.27. The van der Waals surface area contributed by atoms with E-state index in [1.165, 1.54) is 18.3 Å². The molecule has 110 valence electrons. The van der Waals surface area contributed by atoms with Gasteiger partial charge in [0.05, 0.1) is 12.2 Å². The summed E-state index contributed by atoms with van der Waals surface area (Å²) in [4.78, 5) is 15.6. The minimum absolute atomic E-state index is 0.0355. The zero-order valence-electron chi connectivity index (χ0n) is 10.6. The van der Waals surface area contributed by atoms with Gasteiger partial charge in [0.25, 0.3) is 5.56 Å². The summed E-state index contributed by atoms with van der Waals surface area (Å²) >= 11 is 4.76. The van der Waals surface area contributed by atoms with Gasteiger partial charge in [-0.15, -0.1) is 0 Å². The van der Waals surface area contributed by atoms with E-state index in [1.54, 1.807) is 0 Å². The van der Waals surface area contributed by atoms with Crippen LogP contribution in [0, 0.1) is 0 Å². The van der Waals surface area contributed by atoms with Crippen LogP contribution in [-0.2, 0) is 12.7 Å². The molecule has 0 spiro atoms. The van der Waals surface area contributed by atoms with E-state index in [0.717, 1.165) is 18.2 Å². The number of nitrogens with two attached hydrogens (primary N) is 1. The number of hydrogen-bond acceptors (Lipinski definition) is 3. The number of aromatic nitrogens is 2. The molecule has 21 heavy (non-hydrogen) atoms. The van der Waals surface area contributed by atoms with Gasteiger partial charge in [-0.2, -0.15) is 13.2 Å². The highest BCUT2D eigenvalue weighted by Gasteiger charge is 2.34. The number of rotatable bonds is 3. The van der Waals surface area contributed by atoms with Crippen LogP contribution in [0.15, 0.2) is 41.3 Å². The molecule has 4 nitrogen and oxygen atoms in total. The second-order valence-electron chi connectivity index (χ2n) is 4.25. The minimum Gasteiger partial charge on any atom is -0.388 e. The second kappa shape index (κ2) is 5.65. The van der Waals surface area contributed by atoms with E-state index in [0.29, 0.717) is 15.8 Å². The van der Waals surface area contributed by atoms with Crippen LogP contribution in [0.4, 0.5) is 13.2 Å². The number of pyridine rings is 2. The lowest BCUT2D eigenvalue weighted by atomic mass is 10.2. The summed E-state index contributed by atoms with van der Waals surface area (Å²) in [7, 11) is 0. The molecule has 0 unspecified atom stereocenters. The second-order valence-corrected chi connectivity index (χ2v) is 4.69. The fraction of sp³-hybridized carbons (Fsp3) is 0.154. The van der Waals surface area contributed by atoms with Crippen molar-refractivity contribution < 1.29 is 13.2 Å². The largest absolute Gasteiger partial charge is 0.431 e. The lowest BCUT2D eigenvalue weighted by Gasteiger charge is -2.15. The molecule has 0 saturated heterocycles.